The number of carbonyl (C=O) groups excluding carboxylic acids is 1. The Labute approximate surface area is 159 Å². The minimum absolute atomic E-state index is 0.159. The van der Waals surface area contributed by atoms with Gasteiger partial charge in [0.15, 0.2) is 11.3 Å². The first-order chi connectivity index (χ1) is 13.2. The number of aromatic nitrogens is 1. The van der Waals surface area contributed by atoms with Gasteiger partial charge < -0.3 is 14.5 Å². The zero-order valence-electron chi connectivity index (χ0n) is 14.7. The number of amides is 1. The molecule has 1 saturated heterocycles. The monoisotopic (exact) mass is 384 g/mol. The molecule has 1 atom stereocenters. The number of benzene rings is 1. The van der Waals surface area contributed by atoms with E-state index in [1.807, 2.05) is 24.3 Å². The fraction of sp³-hybridized carbons (Fsp3) is 0.300. The topological polar surface area (TPSA) is 81.4 Å². The van der Waals surface area contributed by atoms with Crippen molar-refractivity contribution in [2.75, 3.05) is 13.2 Å². The summed E-state index contributed by atoms with van der Waals surface area (Å²) < 4.78 is 23.5. The van der Waals surface area contributed by atoms with Crippen LogP contribution in [-0.4, -0.2) is 33.6 Å². The van der Waals surface area contributed by atoms with Gasteiger partial charge in [-0.2, -0.15) is 0 Å². The molecule has 4 rings (SSSR count). The first-order valence-electron chi connectivity index (χ1n) is 8.90. The van der Waals surface area contributed by atoms with Crippen LogP contribution in [0.5, 0.6) is 0 Å². The molecule has 1 aromatic carbocycles. The number of ether oxygens (including phenoxy) is 1. The molecule has 27 heavy (non-hydrogen) atoms. The van der Waals surface area contributed by atoms with Gasteiger partial charge in [0.2, 0.25) is 0 Å². The van der Waals surface area contributed by atoms with E-state index in [2.05, 4.69) is 10.3 Å². The van der Waals surface area contributed by atoms with Crippen molar-refractivity contribution in [1.82, 2.24) is 10.3 Å². The molecule has 7 heteroatoms. The lowest BCUT2D eigenvalue weighted by molar-refractivity contribution is 0.0925. The first kappa shape index (κ1) is 17.9. The van der Waals surface area contributed by atoms with Crippen molar-refractivity contribution in [1.29, 1.82) is 0 Å². The summed E-state index contributed by atoms with van der Waals surface area (Å²) in [5, 5.41) is 3.84. The van der Waals surface area contributed by atoms with Crippen LogP contribution in [0.25, 0.3) is 11.0 Å². The Morgan fingerprint density at radius 1 is 1.19 bits per heavy atom. The van der Waals surface area contributed by atoms with Gasteiger partial charge in [0.05, 0.1) is 17.0 Å². The van der Waals surface area contributed by atoms with Gasteiger partial charge in [-0.05, 0) is 42.7 Å². The highest BCUT2D eigenvalue weighted by Crippen LogP contribution is 2.21. The molecule has 140 valence electrons. The van der Waals surface area contributed by atoms with E-state index in [4.69, 9.17) is 9.15 Å². The number of carbonyl (C=O) groups is 1. The Morgan fingerprint density at radius 3 is 2.70 bits per heavy atom. The fourth-order valence-corrected chi connectivity index (χ4v) is 4.50. The highest BCUT2D eigenvalue weighted by Gasteiger charge is 2.21. The van der Waals surface area contributed by atoms with Gasteiger partial charge in [-0.3, -0.25) is 14.0 Å². The molecule has 0 saturated carbocycles. The predicted octanol–water partition coefficient (Wildman–Crippen LogP) is 3.04. The van der Waals surface area contributed by atoms with Crippen LogP contribution in [0.1, 0.15) is 29.0 Å². The maximum absolute atomic E-state index is 12.6. The molecule has 1 N–H and O–H groups in total. The van der Waals surface area contributed by atoms with Crippen molar-refractivity contribution in [3.05, 3.63) is 60.1 Å². The minimum atomic E-state index is -1.02. The van der Waals surface area contributed by atoms with Crippen molar-refractivity contribution < 1.29 is 18.2 Å². The van der Waals surface area contributed by atoms with Crippen molar-refractivity contribution >= 4 is 27.7 Å². The average Bonchev–Trinajstić information content (AvgIpc) is 3.17. The van der Waals surface area contributed by atoms with Crippen molar-refractivity contribution in [2.45, 2.75) is 29.5 Å². The lowest BCUT2D eigenvalue weighted by Gasteiger charge is -2.21. The second kappa shape index (κ2) is 8.02. The smallest absolute Gasteiger partial charge is 0.287 e. The predicted molar refractivity (Wildman–Crippen MR) is 102 cm³/mol. The van der Waals surface area contributed by atoms with Crippen molar-refractivity contribution in [2.24, 2.45) is 0 Å². The molecule has 1 unspecified atom stereocenters. The van der Waals surface area contributed by atoms with Gasteiger partial charge in [-0.25, -0.2) is 0 Å². The molecular formula is C20H20N2O4S. The third-order valence-corrected chi connectivity index (χ3v) is 6.44. The highest BCUT2D eigenvalue weighted by atomic mass is 32.2. The van der Waals surface area contributed by atoms with Crippen LogP contribution < -0.4 is 5.32 Å². The summed E-state index contributed by atoms with van der Waals surface area (Å²) in [5.74, 6) is -0.0173. The average molecular weight is 384 g/mol. The van der Waals surface area contributed by atoms with E-state index in [0.29, 0.717) is 25.3 Å². The summed E-state index contributed by atoms with van der Waals surface area (Å²) in [6.07, 6.45) is 4.91. The summed E-state index contributed by atoms with van der Waals surface area (Å²) in [6, 6.07) is 11.0. The Morgan fingerprint density at radius 2 is 1.96 bits per heavy atom. The summed E-state index contributed by atoms with van der Waals surface area (Å²) in [5.41, 5.74) is 1.52. The molecule has 0 aliphatic carbocycles. The Kier molecular flexibility index (Phi) is 5.31. The molecule has 1 fully saturated rings. The van der Waals surface area contributed by atoms with Gasteiger partial charge in [-0.15, -0.1) is 0 Å². The van der Waals surface area contributed by atoms with E-state index in [1.54, 1.807) is 24.5 Å². The molecule has 1 amide bonds. The molecule has 0 spiro atoms. The Hall–Kier alpha value is -2.51. The zero-order valence-corrected chi connectivity index (χ0v) is 15.5. The first-order valence-corrected chi connectivity index (χ1v) is 10.1. The SMILES string of the molecule is O=C(NCc1ccc(S(=O)C2CCOCC2)cc1)c1cc2ccncc2o1. The van der Waals surface area contributed by atoms with Crippen LogP contribution in [0.3, 0.4) is 0 Å². The summed E-state index contributed by atoms with van der Waals surface area (Å²) >= 11 is 0. The maximum atomic E-state index is 12.6. The van der Waals surface area contributed by atoms with Gasteiger partial charge >= 0.3 is 0 Å². The van der Waals surface area contributed by atoms with Gasteiger partial charge in [0.25, 0.3) is 5.91 Å². The van der Waals surface area contributed by atoms with Gasteiger partial charge in [0.1, 0.15) is 0 Å². The van der Waals surface area contributed by atoms with E-state index < -0.39 is 10.8 Å². The molecule has 6 nitrogen and oxygen atoms in total. The van der Waals surface area contributed by atoms with E-state index in [-0.39, 0.29) is 16.9 Å². The number of fused-ring (bicyclic) bond motifs is 1. The molecule has 3 heterocycles. The number of nitrogens with one attached hydrogen (secondary N) is 1. The maximum Gasteiger partial charge on any atom is 0.287 e. The number of pyridine rings is 1. The summed E-state index contributed by atoms with van der Waals surface area (Å²) in [7, 11) is -1.02. The Bertz CT molecular complexity index is 929. The minimum Gasteiger partial charge on any atom is -0.449 e. The second-order valence-electron chi connectivity index (χ2n) is 6.46. The van der Waals surface area contributed by atoms with Crippen molar-refractivity contribution in [3.8, 4) is 0 Å². The number of rotatable bonds is 5. The molecule has 2 aromatic heterocycles. The number of nitrogens with zero attached hydrogens (tertiary/aromatic N) is 1. The zero-order chi connectivity index (χ0) is 18.6. The van der Waals surface area contributed by atoms with E-state index in [1.165, 1.54) is 0 Å². The van der Waals surface area contributed by atoms with Crippen LogP contribution in [0.4, 0.5) is 0 Å². The van der Waals surface area contributed by atoms with Crippen LogP contribution in [0, 0.1) is 0 Å². The molecule has 1 aliphatic rings. The lowest BCUT2D eigenvalue weighted by atomic mass is 10.2. The third-order valence-electron chi connectivity index (χ3n) is 4.63. The standard InChI is InChI=1S/C20H20N2O4S/c23-20(18-11-15-5-8-21-13-19(15)26-18)22-12-14-1-3-16(4-2-14)27(24)17-6-9-25-10-7-17/h1-5,8,11,13,17H,6-7,9-10,12H2,(H,22,23). The van der Waals surface area contributed by atoms with Crippen molar-refractivity contribution in [3.63, 3.8) is 0 Å². The van der Waals surface area contributed by atoms with Crippen LogP contribution in [0.15, 0.2) is 58.1 Å². The second-order valence-corrected chi connectivity index (χ2v) is 8.19. The lowest BCUT2D eigenvalue weighted by Crippen LogP contribution is -2.25. The van der Waals surface area contributed by atoms with E-state index in [0.717, 1.165) is 28.7 Å². The summed E-state index contributed by atoms with van der Waals surface area (Å²) in [6.45, 7) is 1.73. The fourth-order valence-electron chi connectivity index (χ4n) is 3.09. The molecular weight excluding hydrogens is 364 g/mol. The van der Waals surface area contributed by atoms with Gasteiger partial charge in [-0.1, -0.05) is 12.1 Å². The molecule has 0 radical (unpaired) electrons. The van der Waals surface area contributed by atoms with Crippen LogP contribution in [0.2, 0.25) is 0 Å². The molecule has 1 aliphatic heterocycles. The Balaban J connectivity index is 1.36. The highest BCUT2D eigenvalue weighted by molar-refractivity contribution is 7.85. The molecule has 3 aromatic rings. The summed E-state index contributed by atoms with van der Waals surface area (Å²) in [4.78, 5) is 17.1. The normalized spacial score (nSPS) is 16.3. The largest absolute Gasteiger partial charge is 0.449 e. The number of hydrogen-bond donors (Lipinski definition) is 1. The number of hydrogen-bond acceptors (Lipinski definition) is 5. The van der Waals surface area contributed by atoms with E-state index >= 15 is 0 Å². The number of furan rings is 1. The quantitative estimate of drug-likeness (QED) is 0.731. The van der Waals surface area contributed by atoms with E-state index in [9.17, 15) is 9.00 Å². The van der Waals surface area contributed by atoms with Crippen LogP contribution in [-0.2, 0) is 22.1 Å². The van der Waals surface area contributed by atoms with Gasteiger partial charge in [0, 0.05) is 41.5 Å². The third kappa shape index (κ3) is 4.09. The molecule has 0 bridgehead atoms. The van der Waals surface area contributed by atoms with Crippen LogP contribution >= 0.6 is 0 Å².